The van der Waals surface area contributed by atoms with Crippen molar-refractivity contribution in [3.05, 3.63) is 119 Å². The van der Waals surface area contributed by atoms with Crippen LogP contribution in [0.3, 0.4) is 0 Å². The Bertz CT molecular complexity index is 1340. The number of carbonyl (C=O) groups excluding carboxylic acids is 2. The molecule has 37 heavy (non-hydrogen) atoms. The van der Waals surface area contributed by atoms with Crippen molar-refractivity contribution in [3.8, 4) is 11.1 Å². The highest BCUT2D eigenvalue weighted by Gasteiger charge is 2.29. The molecule has 0 aromatic heterocycles. The molecular weight excluding hydrogens is 466 g/mol. The zero-order valence-corrected chi connectivity index (χ0v) is 20.5. The minimum atomic E-state index is -1.08. The van der Waals surface area contributed by atoms with Gasteiger partial charge in [0.25, 0.3) is 5.91 Å². The largest absolute Gasteiger partial charge is 0.478 e. The van der Waals surface area contributed by atoms with Crippen molar-refractivity contribution in [2.45, 2.75) is 31.7 Å². The van der Waals surface area contributed by atoms with E-state index in [2.05, 4.69) is 10.6 Å². The summed E-state index contributed by atoms with van der Waals surface area (Å²) in [5.41, 5.74) is 10.7. The molecule has 2 amide bonds. The number of carbonyl (C=O) groups is 3. The lowest BCUT2D eigenvalue weighted by Crippen LogP contribution is -2.49. The summed E-state index contributed by atoms with van der Waals surface area (Å²) in [5, 5.41) is 14.9. The molecule has 7 nitrogen and oxygen atoms in total. The summed E-state index contributed by atoms with van der Waals surface area (Å²) in [7, 11) is 0. The molecule has 0 saturated carbocycles. The average molecular weight is 496 g/mol. The SMILES string of the molecule is C[C@@H](c1ccc(-c2ccccc2)cc1)[C@@H](NC(=O)c1ccc(C(=O)O)cc1)C(=O)NC1=CC=C(N)CC1. The van der Waals surface area contributed by atoms with Gasteiger partial charge in [-0.25, -0.2) is 4.79 Å². The van der Waals surface area contributed by atoms with Crippen LogP contribution in [0.5, 0.6) is 0 Å². The molecular formula is C30H29N3O4. The fourth-order valence-electron chi connectivity index (χ4n) is 4.20. The van der Waals surface area contributed by atoms with Gasteiger partial charge in [0.2, 0.25) is 5.91 Å². The van der Waals surface area contributed by atoms with Gasteiger partial charge in [-0.3, -0.25) is 9.59 Å². The van der Waals surface area contributed by atoms with Crippen LogP contribution in [0, 0.1) is 0 Å². The Kier molecular flexibility index (Phi) is 7.83. The molecule has 1 aliphatic carbocycles. The molecule has 7 heteroatoms. The van der Waals surface area contributed by atoms with Crippen molar-refractivity contribution in [2.75, 3.05) is 0 Å². The third kappa shape index (κ3) is 6.32. The maximum atomic E-state index is 13.4. The number of nitrogens with one attached hydrogen (secondary N) is 2. The molecule has 0 unspecified atom stereocenters. The third-order valence-electron chi connectivity index (χ3n) is 6.47. The summed E-state index contributed by atoms with van der Waals surface area (Å²) in [6, 6.07) is 22.6. The number of carboxylic acid groups (broad SMARTS) is 1. The van der Waals surface area contributed by atoms with Crippen LogP contribution >= 0.6 is 0 Å². The van der Waals surface area contributed by atoms with E-state index in [-0.39, 0.29) is 23.0 Å². The second kappa shape index (κ2) is 11.4. The minimum Gasteiger partial charge on any atom is -0.478 e. The van der Waals surface area contributed by atoms with Crippen molar-refractivity contribution in [3.63, 3.8) is 0 Å². The smallest absolute Gasteiger partial charge is 0.335 e. The molecule has 3 aromatic carbocycles. The topological polar surface area (TPSA) is 122 Å². The molecule has 0 fully saturated rings. The van der Waals surface area contributed by atoms with Gasteiger partial charge in [-0.2, -0.15) is 0 Å². The van der Waals surface area contributed by atoms with E-state index < -0.39 is 17.9 Å². The summed E-state index contributed by atoms with van der Waals surface area (Å²) >= 11 is 0. The summed E-state index contributed by atoms with van der Waals surface area (Å²) in [6.45, 7) is 1.89. The maximum absolute atomic E-state index is 13.4. The van der Waals surface area contributed by atoms with Gasteiger partial charge in [-0.1, -0.05) is 61.5 Å². The molecule has 4 rings (SSSR count). The lowest BCUT2D eigenvalue weighted by Gasteiger charge is -2.26. The Labute approximate surface area is 215 Å². The normalized spacial score (nSPS) is 14.5. The van der Waals surface area contributed by atoms with Crippen LogP contribution in [0.4, 0.5) is 0 Å². The van der Waals surface area contributed by atoms with Crippen molar-refractivity contribution in [2.24, 2.45) is 5.73 Å². The van der Waals surface area contributed by atoms with Crippen LogP contribution in [0.2, 0.25) is 0 Å². The molecule has 2 atom stereocenters. The van der Waals surface area contributed by atoms with Crippen molar-refractivity contribution < 1.29 is 19.5 Å². The second-order valence-corrected chi connectivity index (χ2v) is 9.03. The van der Waals surface area contributed by atoms with Crippen LogP contribution in [0.15, 0.2) is 102 Å². The van der Waals surface area contributed by atoms with Gasteiger partial charge in [0.15, 0.2) is 0 Å². The number of amides is 2. The second-order valence-electron chi connectivity index (χ2n) is 9.03. The standard InChI is InChI=1S/C30H29N3O4/c1-19(20-7-9-22(10-8-20)21-5-3-2-4-6-21)27(29(35)32-26-17-15-25(31)16-18-26)33-28(34)23-11-13-24(14-12-23)30(36)37/h2-15,17,19,27H,16,18,31H2,1H3,(H,32,35)(H,33,34)(H,36,37)/t19-,27+/m0/s1. The summed E-state index contributed by atoms with van der Waals surface area (Å²) in [5.74, 6) is -2.23. The first-order valence-electron chi connectivity index (χ1n) is 12.1. The van der Waals surface area contributed by atoms with Crippen LogP contribution in [-0.2, 0) is 4.79 Å². The molecule has 0 spiro atoms. The molecule has 0 bridgehead atoms. The molecule has 3 aromatic rings. The van der Waals surface area contributed by atoms with E-state index in [0.717, 1.165) is 28.1 Å². The van der Waals surface area contributed by atoms with Crippen LogP contribution < -0.4 is 16.4 Å². The number of aromatic carboxylic acids is 1. The van der Waals surface area contributed by atoms with E-state index in [1.807, 2.05) is 61.5 Å². The fourth-order valence-corrected chi connectivity index (χ4v) is 4.20. The van der Waals surface area contributed by atoms with Crippen LogP contribution in [0.25, 0.3) is 11.1 Å². The van der Waals surface area contributed by atoms with E-state index in [1.54, 1.807) is 12.2 Å². The van der Waals surface area contributed by atoms with Gasteiger partial charge in [-0.05, 0) is 65.9 Å². The van der Waals surface area contributed by atoms with Gasteiger partial charge in [0.05, 0.1) is 5.56 Å². The van der Waals surface area contributed by atoms with Gasteiger partial charge in [-0.15, -0.1) is 0 Å². The number of carboxylic acids is 1. The monoisotopic (exact) mass is 495 g/mol. The highest BCUT2D eigenvalue weighted by molar-refractivity contribution is 5.99. The first-order valence-corrected chi connectivity index (χ1v) is 12.1. The Morgan fingerprint density at radius 2 is 1.43 bits per heavy atom. The summed E-state index contributed by atoms with van der Waals surface area (Å²) in [4.78, 5) is 37.6. The van der Waals surface area contributed by atoms with Crippen molar-refractivity contribution in [1.29, 1.82) is 0 Å². The third-order valence-corrected chi connectivity index (χ3v) is 6.47. The van der Waals surface area contributed by atoms with Crippen LogP contribution in [0.1, 0.15) is 52.0 Å². The highest BCUT2D eigenvalue weighted by Crippen LogP contribution is 2.25. The van der Waals surface area contributed by atoms with Gasteiger partial charge < -0.3 is 21.5 Å². The lowest BCUT2D eigenvalue weighted by atomic mass is 9.90. The number of hydrogen-bond acceptors (Lipinski definition) is 4. The summed E-state index contributed by atoms with van der Waals surface area (Å²) < 4.78 is 0. The molecule has 0 radical (unpaired) electrons. The van der Waals surface area contributed by atoms with Gasteiger partial charge in [0.1, 0.15) is 6.04 Å². The highest BCUT2D eigenvalue weighted by atomic mass is 16.4. The fraction of sp³-hybridized carbons (Fsp3) is 0.167. The van der Waals surface area contributed by atoms with E-state index in [0.29, 0.717) is 12.8 Å². The quantitative estimate of drug-likeness (QED) is 0.364. The Morgan fingerprint density at radius 1 is 0.811 bits per heavy atom. The van der Waals surface area contributed by atoms with E-state index in [1.165, 1.54) is 24.3 Å². The number of allylic oxidation sites excluding steroid dienone is 4. The average Bonchev–Trinajstić information content (AvgIpc) is 2.93. The number of hydrogen-bond donors (Lipinski definition) is 4. The number of nitrogens with two attached hydrogens (primary N) is 1. The molecule has 1 aliphatic rings. The van der Waals surface area contributed by atoms with Crippen molar-refractivity contribution >= 4 is 17.8 Å². The minimum absolute atomic E-state index is 0.0780. The Balaban J connectivity index is 1.57. The maximum Gasteiger partial charge on any atom is 0.335 e. The Morgan fingerprint density at radius 3 is 2.03 bits per heavy atom. The predicted octanol–water partition coefficient (Wildman–Crippen LogP) is 4.59. The first kappa shape index (κ1) is 25.4. The first-order chi connectivity index (χ1) is 17.8. The summed E-state index contributed by atoms with van der Waals surface area (Å²) in [6.07, 6.45) is 4.79. The number of benzene rings is 3. The molecule has 0 aliphatic heterocycles. The van der Waals surface area contributed by atoms with Gasteiger partial charge >= 0.3 is 5.97 Å². The zero-order chi connectivity index (χ0) is 26.4. The molecule has 188 valence electrons. The Hall–Kier alpha value is -4.65. The van der Waals surface area contributed by atoms with Crippen LogP contribution in [-0.4, -0.2) is 28.9 Å². The van der Waals surface area contributed by atoms with E-state index in [4.69, 9.17) is 10.8 Å². The molecule has 5 N–H and O–H groups in total. The molecule has 0 saturated heterocycles. The predicted molar refractivity (Wildman–Crippen MR) is 143 cm³/mol. The molecule has 0 heterocycles. The van der Waals surface area contributed by atoms with Crippen molar-refractivity contribution in [1.82, 2.24) is 10.6 Å². The zero-order valence-electron chi connectivity index (χ0n) is 20.5. The number of rotatable bonds is 8. The van der Waals surface area contributed by atoms with E-state index in [9.17, 15) is 14.4 Å². The van der Waals surface area contributed by atoms with E-state index >= 15 is 0 Å². The lowest BCUT2D eigenvalue weighted by molar-refractivity contribution is -0.122. The van der Waals surface area contributed by atoms with Gasteiger partial charge in [0, 0.05) is 22.9 Å².